The van der Waals surface area contributed by atoms with Crippen LogP contribution in [0.2, 0.25) is 0 Å². The van der Waals surface area contributed by atoms with E-state index in [1.807, 2.05) is 40.0 Å². The Morgan fingerprint density at radius 3 is 2.44 bits per heavy atom. The molecule has 1 aliphatic heterocycles. The van der Waals surface area contributed by atoms with Crippen LogP contribution >= 0.6 is 22.7 Å². The maximum Gasteiger partial charge on any atom is 0.207 e. The molecule has 2 aromatic heterocycles. The molecule has 6 nitrogen and oxygen atoms in total. The molecule has 0 aliphatic carbocycles. The lowest BCUT2D eigenvalue weighted by molar-refractivity contribution is 0.354. The van der Waals surface area contributed by atoms with E-state index in [-0.39, 0.29) is 11.8 Å². The first kappa shape index (κ1) is 22.4. The highest BCUT2D eigenvalue weighted by Gasteiger charge is 2.32. The number of benzene rings is 2. The third kappa shape index (κ3) is 4.12. The van der Waals surface area contributed by atoms with Crippen molar-refractivity contribution in [3.05, 3.63) is 75.5 Å². The average molecular weight is 496 g/mol. The number of thiazole rings is 1. The summed E-state index contributed by atoms with van der Waals surface area (Å²) < 4.78 is 30.2. The van der Waals surface area contributed by atoms with Crippen LogP contribution in [0.25, 0.3) is 11.3 Å². The summed E-state index contributed by atoms with van der Waals surface area (Å²) in [4.78, 5) is 5.93. The average Bonchev–Trinajstić information content (AvgIpc) is 3.63. The van der Waals surface area contributed by atoms with Crippen molar-refractivity contribution in [2.24, 2.45) is 5.10 Å². The number of hydrogen-bond donors (Lipinski definition) is 0. The van der Waals surface area contributed by atoms with Gasteiger partial charge in [0.1, 0.15) is 0 Å². The molecule has 2 aromatic carbocycles. The van der Waals surface area contributed by atoms with Gasteiger partial charge in [-0.15, -0.1) is 22.7 Å². The van der Waals surface area contributed by atoms with Crippen molar-refractivity contribution >= 4 is 33.5 Å². The van der Waals surface area contributed by atoms with E-state index in [0.29, 0.717) is 22.8 Å². The number of anilines is 1. The number of rotatable bonds is 7. The van der Waals surface area contributed by atoms with E-state index in [1.54, 1.807) is 37.7 Å². The van der Waals surface area contributed by atoms with Crippen molar-refractivity contribution in [2.45, 2.75) is 12.5 Å². The van der Waals surface area contributed by atoms with Gasteiger partial charge in [0.25, 0.3) is 0 Å². The number of aromatic nitrogens is 1. The minimum absolute atomic E-state index is 0.0662. The molecule has 0 N–H and O–H groups in total. The van der Waals surface area contributed by atoms with Gasteiger partial charge in [0.2, 0.25) is 5.13 Å². The van der Waals surface area contributed by atoms with Crippen LogP contribution in [0.15, 0.2) is 64.4 Å². The van der Waals surface area contributed by atoms with Crippen LogP contribution in [0.3, 0.4) is 0 Å². The van der Waals surface area contributed by atoms with Crippen LogP contribution in [-0.2, 0) is 0 Å². The number of hydrazone groups is 1. The first-order chi connectivity index (χ1) is 16.6. The molecule has 0 fully saturated rings. The van der Waals surface area contributed by atoms with Crippen LogP contribution in [0.5, 0.6) is 17.2 Å². The molecule has 4 aromatic rings. The van der Waals surface area contributed by atoms with E-state index in [4.69, 9.17) is 24.3 Å². The standard InChI is InChI=1S/C25H22FN3O3S2/c1-30-21-8-6-15(11-17(21)26)19-14-34-25(27-19)29-20(13-18(28-29)24-5-4-10-33-24)16-7-9-22(31-2)23(12-16)32-3/h4-12,14,20H,13H2,1-3H3/t20-/m0/s1. The van der Waals surface area contributed by atoms with Gasteiger partial charge in [-0.1, -0.05) is 12.1 Å². The minimum Gasteiger partial charge on any atom is -0.494 e. The number of hydrogen-bond acceptors (Lipinski definition) is 8. The summed E-state index contributed by atoms with van der Waals surface area (Å²) in [7, 11) is 4.70. The molecule has 0 saturated carbocycles. The summed E-state index contributed by atoms with van der Waals surface area (Å²) in [5.41, 5.74) is 3.42. The highest BCUT2D eigenvalue weighted by Crippen LogP contribution is 2.42. The second-order valence-electron chi connectivity index (χ2n) is 7.57. The second kappa shape index (κ2) is 9.44. The fourth-order valence-corrected chi connectivity index (χ4v) is 5.48. The number of nitrogens with zero attached hydrogens (tertiary/aromatic N) is 3. The van der Waals surface area contributed by atoms with E-state index in [1.165, 1.54) is 24.5 Å². The van der Waals surface area contributed by atoms with Crippen molar-refractivity contribution in [1.82, 2.24) is 4.98 Å². The van der Waals surface area contributed by atoms with Gasteiger partial charge < -0.3 is 14.2 Å². The Hall–Kier alpha value is -3.43. The summed E-state index contributed by atoms with van der Waals surface area (Å²) >= 11 is 3.14. The molecule has 1 aliphatic rings. The highest BCUT2D eigenvalue weighted by atomic mass is 32.1. The monoisotopic (exact) mass is 495 g/mol. The predicted molar refractivity (Wildman–Crippen MR) is 134 cm³/mol. The van der Waals surface area contributed by atoms with Crippen molar-refractivity contribution < 1.29 is 18.6 Å². The number of methoxy groups -OCH3 is 3. The van der Waals surface area contributed by atoms with Gasteiger partial charge in [0.15, 0.2) is 23.1 Å². The van der Waals surface area contributed by atoms with E-state index in [9.17, 15) is 4.39 Å². The lowest BCUT2D eigenvalue weighted by Gasteiger charge is -2.22. The Labute approximate surface area is 204 Å². The zero-order valence-corrected chi connectivity index (χ0v) is 20.5. The number of ether oxygens (including phenoxy) is 3. The summed E-state index contributed by atoms with van der Waals surface area (Å²) in [5, 5.41) is 11.6. The smallest absolute Gasteiger partial charge is 0.207 e. The summed E-state index contributed by atoms with van der Waals surface area (Å²) in [6, 6.07) is 14.8. The predicted octanol–water partition coefficient (Wildman–Crippen LogP) is 6.39. The van der Waals surface area contributed by atoms with Crippen molar-refractivity contribution in [3.63, 3.8) is 0 Å². The van der Waals surface area contributed by atoms with Crippen molar-refractivity contribution in [3.8, 4) is 28.5 Å². The molecule has 0 spiro atoms. The van der Waals surface area contributed by atoms with Crippen molar-refractivity contribution in [1.29, 1.82) is 0 Å². The maximum absolute atomic E-state index is 14.3. The largest absolute Gasteiger partial charge is 0.494 e. The topological polar surface area (TPSA) is 56.2 Å². The van der Waals surface area contributed by atoms with Gasteiger partial charge in [-0.2, -0.15) is 5.10 Å². The summed E-state index contributed by atoms with van der Waals surface area (Å²) in [5.74, 6) is 1.13. The Balaban J connectivity index is 1.52. The molecular weight excluding hydrogens is 473 g/mol. The van der Waals surface area contributed by atoms with Gasteiger partial charge in [-0.25, -0.2) is 14.4 Å². The molecule has 5 rings (SSSR count). The third-order valence-electron chi connectivity index (χ3n) is 5.64. The molecule has 0 unspecified atom stereocenters. The molecular formula is C25H22FN3O3S2. The second-order valence-corrected chi connectivity index (χ2v) is 9.35. The Bertz CT molecular complexity index is 1340. The summed E-state index contributed by atoms with van der Waals surface area (Å²) in [6.45, 7) is 0. The fraction of sp³-hybridized carbons (Fsp3) is 0.200. The first-order valence-electron chi connectivity index (χ1n) is 10.5. The zero-order valence-electron chi connectivity index (χ0n) is 18.8. The summed E-state index contributed by atoms with van der Waals surface area (Å²) in [6.07, 6.45) is 0.724. The van der Waals surface area contributed by atoms with Crippen LogP contribution in [0.4, 0.5) is 9.52 Å². The normalized spacial score (nSPS) is 15.4. The molecule has 9 heteroatoms. The van der Waals surface area contributed by atoms with Gasteiger partial charge in [-0.3, -0.25) is 0 Å². The van der Waals surface area contributed by atoms with E-state index in [2.05, 4.69) is 6.07 Å². The van der Waals surface area contributed by atoms with Crippen molar-refractivity contribution in [2.75, 3.05) is 26.3 Å². The molecule has 3 heterocycles. The zero-order chi connectivity index (χ0) is 23.7. The molecule has 174 valence electrons. The van der Waals surface area contributed by atoms with Gasteiger partial charge in [-0.05, 0) is 47.3 Å². The molecule has 1 atom stereocenters. The first-order valence-corrected chi connectivity index (χ1v) is 12.3. The third-order valence-corrected chi connectivity index (χ3v) is 7.39. The van der Waals surface area contributed by atoms with Crippen LogP contribution < -0.4 is 19.2 Å². The van der Waals surface area contributed by atoms with E-state index >= 15 is 0 Å². The molecule has 0 bridgehead atoms. The van der Waals surface area contributed by atoms with Gasteiger partial charge in [0, 0.05) is 17.4 Å². The van der Waals surface area contributed by atoms with Crippen LogP contribution in [-0.4, -0.2) is 32.0 Å². The minimum atomic E-state index is -0.420. The van der Waals surface area contributed by atoms with Crippen LogP contribution in [0, 0.1) is 5.82 Å². The Morgan fingerprint density at radius 1 is 0.941 bits per heavy atom. The lowest BCUT2D eigenvalue weighted by atomic mass is 10.0. The Kier molecular flexibility index (Phi) is 6.21. The van der Waals surface area contributed by atoms with E-state index < -0.39 is 5.82 Å². The molecule has 34 heavy (non-hydrogen) atoms. The number of halogens is 1. The Morgan fingerprint density at radius 2 is 1.74 bits per heavy atom. The fourth-order valence-electron chi connectivity index (χ4n) is 3.93. The molecule has 0 amide bonds. The number of thiophene rings is 1. The van der Waals surface area contributed by atoms with Crippen LogP contribution in [0.1, 0.15) is 22.9 Å². The molecule has 0 radical (unpaired) electrons. The quantitative estimate of drug-likeness (QED) is 0.297. The maximum atomic E-state index is 14.3. The van der Waals surface area contributed by atoms with Gasteiger partial charge in [0.05, 0.1) is 43.7 Å². The SMILES string of the molecule is COc1ccc(-c2csc(N3N=C(c4cccs4)C[C@H]3c3ccc(OC)c(OC)c3)n2)cc1F. The molecule has 0 saturated heterocycles. The lowest BCUT2D eigenvalue weighted by Crippen LogP contribution is -2.18. The van der Waals surface area contributed by atoms with Gasteiger partial charge >= 0.3 is 0 Å². The van der Waals surface area contributed by atoms with E-state index in [0.717, 1.165) is 27.7 Å². The highest BCUT2D eigenvalue weighted by molar-refractivity contribution is 7.14.